The minimum atomic E-state index is -4.41. The van der Waals surface area contributed by atoms with Gasteiger partial charge in [-0.25, -0.2) is 4.57 Å². The largest absolute Gasteiger partial charge is 0.472 e. The molecule has 10 heteroatoms. The van der Waals surface area contributed by atoms with Gasteiger partial charge in [-0.3, -0.25) is 18.6 Å². The first kappa shape index (κ1) is 90.4. The molecule has 2 atom stereocenters. The Bertz CT molecular complexity index is 2170. The van der Waals surface area contributed by atoms with Crippen LogP contribution in [-0.4, -0.2) is 49.3 Å². The molecule has 0 aromatic carbocycles. The Hall–Kier alpha value is -4.63. The zero-order chi connectivity index (χ0) is 68.6. The molecule has 0 spiro atoms. The second kappa shape index (κ2) is 78.4. The number of unbranched alkanes of at least 4 members (excludes halogenated alkanes) is 30. The molecule has 2 unspecified atom stereocenters. The molecule has 3 N–H and O–H groups in total. The van der Waals surface area contributed by atoms with Crippen molar-refractivity contribution >= 4 is 19.8 Å². The highest BCUT2D eigenvalue weighted by Gasteiger charge is 2.26. The molecule has 0 aliphatic heterocycles. The number of allylic oxidation sites excluding steroid dienone is 28. The lowest BCUT2D eigenvalue weighted by Crippen LogP contribution is -2.29. The quantitative estimate of drug-likeness (QED) is 0.0264. The van der Waals surface area contributed by atoms with Crippen LogP contribution in [0.2, 0.25) is 0 Å². The number of nitrogens with two attached hydrogens (primary N) is 1. The van der Waals surface area contributed by atoms with Crippen molar-refractivity contribution in [2.24, 2.45) is 5.73 Å². The molecule has 0 radical (unpaired) electrons. The lowest BCUT2D eigenvalue weighted by Gasteiger charge is -2.19. The van der Waals surface area contributed by atoms with Crippen LogP contribution in [0.3, 0.4) is 0 Å². The monoisotopic (exact) mass is 1340 g/mol. The number of hydrogen-bond donors (Lipinski definition) is 2. The summed E-state index contributed by atoms with van der Waals surface area (Å²) in [5, 5.41) is 0. The maximum absolute atomic E-state index is 12.8. The van der Waals surface area contributed by atoms with Crippen molar-refractivity contribution in [3.63, 3.8) is 0 Å². The van der Waals surface area contributed by atoms with Gasteiger partial charge in [-0.15, -0.1) is 0 Å². The van der Waals surface area contributed by atoms with Crippen molar-refractivity contribution in [1.82, 2.24) is 0 Å². The van der Waals surface area contributed by atoms with E-state index in [2.05, 4.69) is 184 Å². The fourth-order valence-corrected chi connectivity index (χ4v) is 11.2. The average molecular weight is 1340 g/mol. The van der Waals surface area contributed by atoms with E-state index in [-0.39, 0.29) is 38.6 Å². The van der Waals surface area contributed by atoms with Crippen molar-refractivity contribution in [2.45, 2.75) is 328 Å². The fourth-order valence-electron chi connectivity index (χ4n) is 10.5. The van der Waals surface area contributed by atoms with Crippen molar-refractivity contribution in [3.05, 3.63) is 170 Å². The maximum atomic E-state index is 12.8. The lowest BCUT2D eigenvalue weighted by molar-refractivity contribution is -0.161. The van der Waals surface area contributed by atoms with Gasteiger partial charge in [0.05, 0.1) is 13.2 Å². The molecule has 0 aromatic heterocycles. The summed E-state index contributed by atoms with van der Waals surface area (Å²) in [5.74, 6) is -0.829. The number of phosphoric ester groups is 1. The molecule has 0 amide bonds. The van der Waals surface area contributed by atoms with E-state index in [1.165, 1.54) is 148 Å². The van der Waals surface area contributed by atoms with Gasteiger partial charge in [-0.2, -0.15) is 0 Å². The van der Waals surface area contributed by atoms with Gasteiger partial charge in [-0.1, -0.05) is 351 Å². The smallest absolute Gasteiger partial charge is 0.462 e. The number of esters is 2. The van der Waals surface area contributed by atoms with E-state index in [1.807, 2.05) is 0 Å². The molecule has 540 valence electrons. The molecule has 0 aliphatic rings. The van der Waals surface area contributed by atoms with Crippen LogP contribution in [0.15, 0.2) is 170 Å². The highest BCUT2D eigenvalue weighted by Crippen LogP contribution is 2.43. The second-order valence-corrected chi connectivity index (χ2v) is 26.6. The van der Waals surface area contributed by atoms with Gasteiger partial charge >= 0.3 is 19.8 Å². The number of ether oxygens (including phenoxy) is 2. The van der Waals surface area contributed by atoms with Crippen molar-refractivity contribution in [2.75, 3.05) is 26.4 Å². The standard InChI is InChI=1S/C85H142NO8P/c1-3-5-7-9-11-13-15-17-19-21-23-25-27-29-31-33-35-37-38-39-40-41-42-43-44-46-48-50-52-54-56-58-60-62-64-66-68-70-72-74-76-78-85(88)94-83(82-93-95(89,90)92-80-79-86)81-91-84(87)77-75-73-71-69-67-65-63-61-59-57-55-53-51-49-47-45-36-34-32-30-28-26-24-22-20-18-16-14-12-10-8-6-4-2/h5-8,11-14,17-20,23-26,29-32,35-37,39-40,45,49,51,83H,3-4,9-10,15-16,21-22,27-28,33-34,38,41-44,46-48,50,52-82,86H2,1-2H3,(H,89,90)/b7-5-,8-6-,13-11-,14-12-,19-17-,20-18-,25-23-,26-24-,31-29-,32-30-,37-35-,40-39-,45-36-,51-49-. The number of phosphoric acid groups is 1. The molecule has 9 nitrogen and oxygen atoms in total. The summed E-state index contributed by atoms with van der Waals surface area (Å²) >= 11 is 0. The topological polar surface area (TPSA) is 134 Å². The Morgan fingerprint density at radius 1 is 0.316 bits per heavy atom. The van der Waals surface area contributed by atoms with Crippen molar-refractivity contribution < 1.29 is 37.6 Å². The van der Waals surface area contributed by atoms with E-state index >= 15 is 0 Å². The zero-order valence-electron chi connectivity index (χ0n) is 60.8. The minimum absolute atomic E-state index is 0.0476. The van der Waals surface area contributed by atoms with Gasteiger partial charge in [0.1, 0.15) is 6.61 Å². The zero-order valence-corrected chi connectivity index (χ0v) is 61.7. The van der Waals surface area contributed by atoms with Gasteiger partial charge in [0, 0.05) is 19.4 Å². The summed E-state index contributed by atoms with van der Waals surface area (Å²) in [7, 11) is -4.41. The molecule has 0 bridgehead atoms. The number of rotatable bonds is 71. The number of hydrogen-bond acceptors (Lipinski definition) is 8. The summed E-state index contributed by atoms with van der Waals surface area (Å²) in [6.07, 6.45) is 116. The van der Waals surface area contributed by atoms with E-state index in [0.29, 0.717) is 6.42 Å². The number of carbonyl (C=O) groups is 2. The summed E-state index contributed by atoms with van der Waals surface area (Å²) in [5.41, 5.74) is 5.41. The van der Waals surface area contributed by atoms with E-state index < -0.39 is 26.5 Å². The van der Waals surface area contributed by atoms with Crippen LogP contribution in [0, 0.1) is 0 Å². The highest BCUT2D eigenvalue weighted by molar-refractivity contribution is 7.47. The van der Waals surface area contributed by atoms with Crippen molar-refractivity contribution in [3.8, 4) is 0 Å². The third-order valence-electron chi connectivity index (χ3n) is 16.1. The second-order valence-electron chi connectivity index (χ2n) is 25.1. The van der Waals surface area contributed by atoms with Crippen LogP contribution in [0.4, 0.5) is 0 Å². The lowest BCUT2D eigenvalue weighted by atomic mass is 10.0. The molecular weight excluding hydrogens is 1190 g/mol. The van der Waals surface area contributed by atoms with Gasteiger partial charge < -0.3 is 20.1 Å². The van der Waals surface area contributed by atoms with E-state index in [1.54, 1.807) is 0 Å². The SMILES string of the molecule is CC/C=C\C/C=C\C/C=C\C/C=C\C/C=C\C/C=C\C/C=C\CCCCCCCCCCCCCCCCCCCCCC(=O)OC(COC(=O)CCCCCCCCCCCCC/C=C\C/C=C\C/C=C\C/C=C\C/C=C\C/C=C\C/C=C\CC)COP(=O)(O)OCCN. The summed E-state index contributed by atoms with van der Waals surface area (Å²) in [6.45, 7) is 3.53. The van der Waals surface area contributed by atoms with E-state index in [4.69, 9.17) is 24.3 Å². The molecule has 0 aliphatic carbocycles. The van der Waals surface area contributed by atoms with Crippen LogP contribution in [0.1, 0.15) is 322 Å². The maximum Gasteiger partial charge on any atom is 0.472 e. The Balaban J connectivity index is 3.87. The molecule has 0 heterocycles. The first-order valence-corrected chi connectivity index (χ1v) is 40.1. The van der Waals surface area contributed by atoms with Crippen LogP contribution in [-0.2, 0) is 32.7 Å². The summed E-state index contributed by atoms with van der Waals surface area (Å²) in [4.78, 5) is 35.5. The average Bonchev–Trinajstić information content (AvgIpc) is 2.75. The van der Waals surface area contributed by atoms with Crippen LogP contribution in [0.5, 0.6) is 0 Å². The Kier molecular flexibility index (Phi) is 74.5. The highest BCUT2D eigenvalue weighted by atomic mass is 31.2. The Morgan fingerprint density at radius 3 is 0.811 bits per heavy atom. The first-order chi connectivity index (χ1) is 46.8. The molecule has 95 heavy (non-hydrogen) atoms. The van der Waals surface area contributed by atoms with E-state index in [9.17, 15) is 19.0 Å². The molecule has 0 aromatic rings. The summed E-state index contributed by atoms with van der Waals surface area (Å²) < 4.78 is 33.3. The van der Waals surface area contributed by atoms with Crippen LogP contribution < -0.4 is 5.73 Å². The molecule has 0 saturated heterocycles. The molecule has 0 fully saturated rings. The van der Waals surface area contributed by atoms with Crippen LogP contribution in [0.25, 0.3) is 0 Å². The van der Waals surface area contributed by atoms with Gasteiger partial charge in [-0.05, 0) is 128 Å². The minimum Gasteiger partial charge on any atom is -0.462 e. The van der Waals surface area contributed by atoms with Gasteiger partial charge in [0.2, 0.25) is 0 Å². The first-order valence-electron chi connectivity index (χ1n) is 38.6. The molecular formula is C85H142NO8P. The van der Waals surface area contributed by atoms with Crippen LogP contribution >= 0.6 is 7.82 Å². The summed E-state index contributed by atoms with van der Waals surface area (Å²) in [6, 6.07) is 0. The fraction of sp³-hybridized carbons (Fsp3) is 0.647. The predicted molar refractivity (Wildman–Crippen MR) is 413 cm³/mol. The van der Waals surface area contributed by atoms with E-state index in [0.717, 1.165) is 141 Å². The third kappa shape index (κ3) is 78.3. The Morgan fingerprint density at radius 2 is 0.547 bits per heavy atom. The van der Waals surface area contributed by atoms with Gasteiger partial charge in [0.25, 0.3) is 0 Å². The van der Waals surface area contributed by atoms with Crippen molar-refractivity contribution in [1.29, 1.82) is 0 Å². The molecule has 0 saturated carbocycles. The van der Waals surface area contributed by atoms with Gasteiger partial charge in [0.15, 0.2) is 6.10 Å². The predicted octanol–water partition coefficient (Wildman–Crippen LogP) is 26.1. The third-order valence-corrected chi connectivity index (χ3v) is 17.1. The Labute approximate surface area is 584 Å². The number of carbonyl (C=O) groups excluding carboxylic acids is 2. The molecule has 0 rings (SSSR count). The normalized spacial score (nSPS) is 13.9.